The van der Waals surface area contributed by atoms with Crippen LogP contribution in [0, 0.1) is 0 Å². The first-order chi connectivity index (χ1) is 11.8. The van der Waals surface area contributed by atoms with Gasteiger partial charge in [-0.1, -0.05) is 48.0 Å². The van der Waals surface area contributed by atoms with E-state index in [4.69, 9.17) is 11.6 Å². The van der Waals surface area contributed by atoms with Gasteiger partial charge < -0.3 is 12.4 Å². The standard InChI is InChI=1S/C19H14ClN4.ClH/c20-16-11-13-18(14-12-16)24-22-19(15-7-3-1-4-8-15)21-23(24)17-9-5-2-6-10-17;/h1-14H;1H/q+1;/p-1. The van der Waals surface area contributed by atoms with E-state index in [9.17, 15) is 0 Å². The summed E-state index contributed by atoms with van der Waals surface area (Å²) in [6.07, 6.45) is 0. The number of para-hydroxylation sites is 1. The van der Waals surface area contributed by atoms with Crippen LogP contribution in [-0.2, 0) is 0 Å². The molecule has 4 aromatic rings. The summed E-state index contributed by atoms with van der Waals surface area (Å²) >= 11 is 6.00. The third-order valence-corrected chi connectivity index (χ3v) is 3.89. The number of hydrogen-bond acceptors (Lipinski definition) is 2. The minimum atomic E-state index is 0. The molecule has 1 aromatic heterocycles. The van der Waals surface area contributed by atoms with Crippen molar-refractivity contribution in [2.75, 3.05) is 0 Å². The molecule has 4 nitrogen and oxygen atoms in total. The van der Waals surface area contributed by atoms with E-state index >= 15 is 0 Å². The molecule has 0 amide bonds. The number of nitrogens with zero attached hydrogens (tertiary/aromatic N) is 4. The normalized spacial score (nSPS) is 10.3. The average molecular weight is 369 g/mol. The molecule has 0 bridgehead atoms. The van der Waals surface area contributed by atoms with Gasteiger partial charge >= 0.3 is 5.82 Å². The number of hydrogen-bond donors (Lipinski definition) is 0. The van der Waals surface area contributed by atoms with Crippen LogP contribution in [0.5, 0.6) is 0 Å². The predicted octanol–water partition coefficient (Wildman–Crippen LogP) is 0.868. The van der Waals surface area contributed by atoms with Crippen LogP contribution in [-0.4, -0.2) is 15.0 Å². The van der Waals surface area contributed by atoms with E-state index in [0.29, 0.717) is 10.8 Å². The van der Waals surface area contributed by atoms with Gasteiger partial charge in [-0.2, -0.15) is 0 Å². The van der Waals surface area contributed by atoms with Crippen LogP contribution >= 0.6 is 11.6 Å². The van der Waals surface area contributed by atoms with Crippen LogP contribution in [0.4, 0.5) is 0 Å². The monoisotopic (exact) mass is 368 g/mol. The van der Waals surface area contributed by atoms with Crippen molar-refractivity contribution < 1.29 is 17.2 Å². The Labute approximate surface area is 156 Å². The van der Waals surface area contributed by atoms with E-state index < -0.39 is 0 Å². The second-order valence-corrected chi connectivity index (χ2v) is 5.72. The summed E-state index contributed by atoms with van der Waals surface area (Å²) in [6.45, 7) is 0. The fourth-order valence-electron chi connectivity index (χ4n) is 2.46. The van der Waals surface area contributed by atoms with Crippen molar-refractivity contribution in [2.24, 2.45) is 0 Å². The molecule has 0 radical (unpaired) electrons. The first-order valence-corrected chi connectivity index (χ1v) is 7.95. The highest BCUT2D eigenvalue weighted by atomic mass is 35.5. The number of halogens is 2. The van der Waals surface area contributed by atoms with E-state index in [1.165, 1.54) is 0 Å². The summed E-state index contributed by atoms with van der Waals surface area (Å²) in [5, 5.41) is 10.1. The van der Waals surface area contributed by atoms with E-state index in [1.807, 2.05) is 84.9 Å². The Morgan fingerprint density at radius 3 is 2.00 bits per heavy atom. The molecule has 0 N–H and O–H groups in total. The van der Waals surface area contributed by atoms with Crippen LogP contribution in [0.2, 0.25) is 5.02 Å². The fraction of sp³-hybridized carbons (Fsp3) is 0. The van der Waals surface area contributed by atoms with E-state index in [0.717, 1.165) is 16.9 Å². The number of rotatable bonds is 3. The Hall–Kier alpha value is -2.69. The molecule has 0 aliphatic heterocycles. The SMILES string of the molecule is Clc1ccc(-[n+]2nc(-c3ccccc3)nn2-c2ccccc2)cc1.[Cl-]. The molecule has 0 spiro atoms. The summed E-state index contributed by atoms with van der Waals surface area (Å²) in [4.78, 5) is 3.56. The average Bonchev–Trinajstić information content (AvgIpc) is 3.09. The molecule has 0 aliphatic carbocycles. The van der Waals surface area contributed by atoms with Crippen LogP contribution in [0.1, 0.15) is 0 Å². The van der Waals surface area contributed by atoms with Gasteiger partial charge in [0.15, 0.2) is 5.69 Å². The van der Waals surface area contributed by atoms with Crippen LogP contribution in [0.15, 0.2) is 84.9 Å². The lowest BCUT2D eigenvalue weighted by Gasteiger charge is -1.99. The number of benzene rings is 3. The lowest BCUT2D eigenvalue weighted by molar-refractivity contribution is -0.734. The first kappa shape index (κ1) is 17.1. The molecule has 25 heavy (non-hydrogen) atoms. The molecule has 0 unspecified atom stereocenters. The summed E-state index contributed by atoms with van der Waals surface area (Å²) in [6, 6.07) is 27.4. The Balaban J connectivity index is 0.00000182. The van der Waals surface area contributed by atoms with Crippen molar-refractivity contribution in [3.8, 4) is 22.8 Å². The minimum absolute atomic E-state index is 0. The van der Waals surface area contributed by atoms with Gasteiger partial charge in [-0.15, -0.1) is 0 Å². The third kappa shape index (κ3) is 3.55. The molecule has 6 heteroatoms. The highest BCUT2D eigenvalue weighted by Crippen LogP contribution is 2.15. The van der Waals surface area contributed by atoms with Gasteiger partial charge in [-0.05, 0) is 58.4 Å². The number of aromatic nitrogens is 4. The van der Waals surface area contributed by atoms with Crippen molar-refractivity contribution >= 4 is 11.6 Å². The van der Waals surface area contributed by atoms with E-state index in [1.54, 1.807) is 9.59 Å². The van der Waals surface area contributed by atoms with Crippen LogP contribution in [0.3, 0.4) is 0 Å². The van der Waals surface area contributed by atoms with Crippen LogP contribution < -0.4 is 17.2 Å². The largest absolute Gasteiger partial charge is 1.00 e. The summed E-state index contributed by atoms with van der Waals surface area (Å²) < 4.78 is 0. The topological polar surface area (TPSA) is 34.6 Å². The van der Waals surface area contributed by atoms with Gasteiger partial charge in [0.1, 0.15) is 5.69 Å². The van der Waals surface area contributed by atoms with Gasteiger partial charge in [-0.25, -0.2) is 0 Å². The Morgan fingerprint density at radius 2 is 1.36 bits per heavy atom. The molecule has 0 saturated heterocycles. The van der Waals surface area contributed by atoms with Gasteiger partial charge in [0.05, 0.1) is 10.7 Å². The van der Waals surface area contributed by atoms with Crippen molar-refractivity contribution in [2.45, 2.75) is 0 Å². The van der Waals surface area contributed by atoms with Crippen LogP contribution in [0.25, 0.3) is 22.8 Å². The molecule has 0 aliphatic rings. The summed E-state index contributed by atoms with van der Waals surface area (Å²) in [7, 11) is 0. The smallest absolute Gasteiger partial charge is 0.340 e. The quantitative estimate of drug-likeness (QED) is 0.503. The molecule has 0 atom stereocenters. The van der Waals surface area contributed by atoms with Crippen molar-refractivity contribution in [3.63, 3.8) is 0 Å². The Morgan fingerprint density at radius 1 is 0.760 bits per heavy atom. The minimum Gasteiger partial charge on any atom is -1.00 e. The van der Waals surface area contributed by atoms with Crippen molar-refractivity contribution in [1.82, 2.24) is 15.0 Å². The van der Waals surface area contributed by atoms with Gasteiger partial charge in [0.25, 0.3) is 0 Å². The molecule has 4 rings (SSSR count). The third-order valence-electron chi connectivity index (χ3n) is 3.64. The highest BCUT2D eigenvalue weighted by Gasteiger charge is 2.22. The zero-order valence-electron chi connectivity index (χ0n) is 13.1. The van der Waals surface area contributed by atoms with Gasteiger partial charge in [0, 0.05) is 9.82 Å². The number of tetrazole rings is 1. The Bertz CT molecular complexity index is 952. The zero-order chi connectivity index (χ0) is 16.4. The maximum absolute atomic E-state index is 6.00. The molecule has 124 valence electrons. The molecule has 0 fully saturated rings. The van der Waals surface area contributed by atoms with E-state index in [2.05, 4.69) is 10.2 Å². The lowest BCUT2D eigenvalue weighted by atomic mass is 10.2. The summed E-state index contributed by atoms with van der Waals surface area (Å²) in [5.41, 5.74) is 2.79. The molecular weight excluding hydrogens is 355 g/mol. The molecular formula is C19H14Cl2N4. The zero-order valence-corrected chi connectivity index (χ0v) is 14.6. The highest BCUT2D eigenvalue weighted by molar-refractivity contribution is 6.30. The fourth-order valence-corrected chi connectivity index (χ4v) is 2.58. The molecule has 3 aromatic carbocycles. The first-order valence-electron chi connectivity index (χ1n) is 7.58. The second kappa shape index (κ2) is 7.47. The van der Waals surface area contributed by atoms with Crippen molar-refractivity contribution in [3.05, 3.63) is 90.0 Å². The van der Waals surface area contributed by atoms with Crippen molar-refractivity contribution in [1.29, 1.82) is 0 Å². The molecule has 1 heterocycles. The van der Waals surface area contributed by atoms with Gasteiger partial charge in [-0.3, -0.25) is 0 Å². The van der Waals surface area contributed by atoms with Gasteiger partial charge in [0.2, 0.25) is 0 Å². The summed E-state index contributed by atoms with van der Waals surface area (Å²) in [5.74, 6) is 0.661. The second-order valence-electron chi connectivity index (χ2n) is 5.28. The lowest BCUT2D eigenvalue weighted by Crippen LogP contribution is -3.00. The predicted molar refractivity (Wildman–Crippen MR) is 93.3 cm³/mol. The molecule has 0 saturated carbocycles. The maximum Gasteiger partial charge on any atom is 0.340 e. The Kier molecular flexibility index (Phi) is 5.12. The van der Waals surface area contributed by atoms with E-state index in [-0.39, 0.29) is 12.4 Å². The maximum atomic E-state index is 6.00.